The van der Waals surface area contributed by atoms with Gasteiger partial charge < -0.3 is 15.4 Å². The van der Waals surface area contributed by atoms with Crippen molar-refractivity contribution in [2.24, 2.45) is 0 Å². The van der Waals surface area contributed by atoms with Gasteiger partial charge in [0.2, 0.25) is 0 Å². The van der Waals surface area contributed by atoms with Crippen LogP contribution in [0.25, 0.3) is 0 Å². The van der Waals surface area contributed by atoms with Gasteiger partial charge in [-0.2, -0.15) is 0 Å². The smallest absolute Gasteiger partial charge is 0.257 e. The van der Waals surface area contributed by atoms with Crippen molar-refractivity contribution >= 4 is 23.2 Å². The van der Waals surface area contributed by atoms with Crippen LogP contribution in [0.5, 0.6) is 5.75 Å². The lowest BCUT2D eigenvalue weighted by atomic mass is 10.1. The molecule has 0 bridgehead atoms. The molecule has 0 spiro atoms. The molecule has 0 aromatic heterocycles. The van der Waals surface area contributed by atoms with E-state index in [0.29, 0.717) is 29.1 Å². The summed E-state index contributed by atoms with van der Waals surface area (Å²) in [6.45, 7) is 2.50. The Morgan fingerprint density at radius 1 is 0.778 bits per heavy atom. The molecule has 2 N–H and O–H groups in total. The summed E-state index contributed by atoms with van der Waals surface area (Å²) in [5.41, 5.74) is 2.01. The van der Waals surface area contributed by atoms with Gasteiger partial charge in [0.25, 0.3) is 11.8 Å². The molecule has 5 nitrogen and oxygen atoms in total. The van der Waals surface area contributed by atoms with Crippen LogP contribution in [0.2, 0.25) is 0 Å². The van der Waals surface area contributed by atoms with E-state index in [2.05, 4.69) is 10.6 Å². The van der Waals surface area contributed by atoms with Crippen LogP contribution in [-0.2, 0) is 0 Å². The lowest BCUT2D eigenvalue weighted by Crippen LogP contribution is -2.18. The Kier molecular flexibility index (Phi) is 5.84. The molecule has 0 aliphatic heterocycles. The third-order valence-electron chi connectivity index (χ3n) is 3.88. The van der Waals surface area contributed by atoms with Crippen LogP contribution in [0.3, 0.4) is 0 Å². The predicted octanol–water partition coefficient (Wildman–Crippen LogP) is 4.59. The average Bonchev–Trinajstić information content (AvgIpc) is 2.70. The van der Waals surface area contributed by atoms with Gasteiger partial charge in [0.1, 0.15) is 5.75 Å². The maximum Gasteiger partial charge on any atom is 0.257 e. The van der Waals surface area contributed by atoms with E-state index in [1.165, 1.54) is 0 Å². The Bertz CT molecular complexity index is 922. The van der Waals surface area contributed by atoms with E-state index in [1.54, 1.807) is 72.8 Å². The van der Waals surface area contributed by atoms with Crippen LogP contribution < -0.4 is 15.4 Å². The molecule has 3 aromatic carbocycles. The maximum absolute atomic E-state index is 12.7. The first-order valence-corrected chi connectivity index (χ1v) is 8.67. The van der Waals surface area contributed by atoms with E-state index in [4.69, 9.17) is 4.74 Å². The molecule has 5 heteroatoms. The van der Waals surface area contributed by atoms with Crippen molar-refractivity contribution in [2.45, 2.75) is 6.92 Å². The molecule has 0 aliphatic rings. The number of benzene rings is 3. The summed E-state index contributed by atoms with van der Waals surface area (Å²) >= 11 is 0. The van der Waals surface area contributed by atoms with Crippen LogP contribution in [0, 0.1) is 0 Å². The number of anilines is 2. The van der Waals surface area contributed by atoms with Crippen molar-refractivity contribution in [2.75, 3.05) is 17.2 Å². The second kappa shape index (κ2) is 8.67. The van der Waals surface area contributed by atoms with E-state index in [1.807, 2.05) is 13.0 Å². The molecule has 0 fully saturated rings. The number of para-hydroxylation sites is 1. The van der Waals surface area contributed by atoms with Crippen molar-refractivity contribution in [3.8, 4) is 5.75 Å². The van der Waals surface area contributed by atoms with E-state index in [-0.39, 0.29) is 11.8 Å². The second-order valence-electron chi connectivity index (χ2n) is 5.78. The first-order chi connectivity index (χ1) is 13.2. The first kappa shape index (κ1) is 18.2. The molecular weight excluding hydrogens is 340 g/mol. The zero-order chi connectivity index (χ0) is 19.1. The molecule has 0 atom stereocenters. The maximum atomic E-state index is 12.7. The van der Waals surface area contributed by atoms with Gasteiger partial charge in [-0.05, 0) is 55.5 Å². The number of nitrogens with one attached hydrogen (secondary N) is 2. The topological polar surface area (TPSA) is 67.4 Å². The summed E-state index contributed by atoms with van der Waals surface area (Å²) in [7, 11) is 0. The number of carbonyl (C=O) groups excluding carboxylic acids is 2. The highest BCUT2D eigenvalue weighted by molar-refractivity contribution is 6.12. The molecule has 3 rings (SSSR count). The summed E-state index contributed by atoms with van der Waals surface area (Å²) in [5.74, 6) is 0.172. The Morgan fingerprint density at radius 3 is 2.15 bits per heavy atom. The number of carbonyl (C=O) groups is 2. The molecule has 0 radical (unpaired) electrons. The fourth-order valence-corrected chi connectivity index (χ4v) is 2.57. The molecule has 27 heavy (non-hydrogen) atoms. The van der Waals surface area contributed by atoms with E-state index in [0.717, 1.165) is 5.75 Å². The van der Waals surface area contributed by atoms with Crippen LogP contribution in [0.15, 0.2) is 78.9 Å². The molecule has 3 aromatic rings. The zero-order valence-corrected chi connectivity index (χ0v) is 14.9. The molecule has 0 heterocycles. The van der Waals surface area contributed by atoms with Gasteiger partial charge in [-0.3, -0.25) is 9.59 Å². The fraction of sp³-hybridized carbons (Fsp3) is 0.0909. The summed E-state index contributed by atoms with van der Waals surface area (Å²) < 4.78 is 5.40. The first-order valence-electron chi connectivity index (χ1n) is 8.67. The van der Waals surface area contributed by atoms with Crippen molar-refractivity contribution in [3.05, 3.63) is 90.0 Å². The van der Waals surface area contributed by atoms with Crippen molar-refractivity contribution in [3.63, 3.8) is 0 Å². The van der Waals surface area contributed by atoms with Crippen LogP contribution in [0.4, 0.5) is 11.4 Å². The summed E-state index contributed by atoms with van der Waals surface area (Å²) in [5, 5.41) is 5.63. The number of hydrogen-bond acceptors (Lipinski definition) is 3. The lowest BCUT2D eigenvalue weighted by molar-refractivity contribution is 0.102. The molecule has 0 aliphatic carbocycles. The van der Waals surface area contributed by atoms with Crippen LogP contribution >= 0.6 is 0 Å². The van der Waals surface area contributed by atoms with Gasteiger partial charge in [-0.15, -0.1) is 0 Å². The minimum absolute atomic E-state index is 0.267. The summed E-state index contributed by atoms with van der Waals surface area (Å²) in [6.07, 6.45) is 0. The zero-order valence-electron chi connectivity index (χ0n) is 14.9. The highest BCUT2D eigenvalue weighted by atomic mass is 16.5. The minimum atomic E-state index is -0.303. The highest BCUT2D eigenvalue weighted by Crippen LogP contribution is 2.20. The third-order valence-corrected chi connectivity index (χ3v) is 3.88. The molecule has 0 saturated heterocycles. The quantitative estimate of drug-likeness (QED) is 0.676. The molecule has 136 valence electrons. The number of rotatable bonds is 6. The lowest BCUT2D eigenvalue weighted by Gasteiger charge is -2.12. The largest absolute Gasteiger partial charge is 0.494 e. The molecule has 0 unspecified atom stereocenters. The number of amides is 2. The highest BCUT2D eigenvalue weighted by Gasteiger charge is 2.14. The van der Waals surface area contributed by atoms with Crippen LogP contribution in [-0.4, -0.2) is 18.4 Å². The summed E-state index contributed by atoms with van der Waals surface area (Å²) in [4.78, 5) is 25.1. The molecule has 2 amide bonds. The predicted molar refractivity (Wildman–Crippen MR) is 106 cm³/mol. The standard InChI is InChI=1S/C22H20N2O3/c1-2-27-18-14-12-17(13-15-18)23-22(26)19-10-6-7-11-20(19)24-21(25)16-8-4-3-5-9-16/h3-15H,2H2,1H3,(H,23,26)(H,24,25). The number of hydrogen-bond donors (Lipinski definition) is 2. The monoisotopic (exact) mass is 360 g/mol. The van der Waals surface area contributed by atoms with Gasteiger partial charge in [0.05, 0.1) is 17.9 Å². The van der Waals surface area contributed by atoms with Crippen LogP contribution in [0.1, 0.15) is 27.6 Å². The Hall–Kier alpha value is -3.60. The minimum Gasteiger partial charge on any atom is -0.494 e. The normalized spacial score (nSPS) is 10.1. The Labute approximate surface area is 158 Å². The fourth-order valence-electron chi connectivity index (χ4n) is 2.57. The average molecular weight is 360 g/mol. The van der Waals surface area contributed by atoms with E-state index in [9.17, 15) is 9.59 Å². The molecular formula is C22H20N2O3. The van der Waals surface area contributed by atoms with Crippen molar-refractivity contribution in [1.82, 2.24) is 0 Å². The van der Waals surface area contributed by atoms with Crippen molar-refractivity contribution in [1.29, 1.82) is 0 Å². The SMILES string of the molecule is CCOc1ccc(NC(=O)c2ccccc2NC(=O)c2ccccc2)cc1. The van der Waals surface area contributed by atoms with Gasteiger partial charge >= 0.3 is 0 Å². The summed E-state index contributed by atoms with van der Waals surface area (Å²) in [6, 6.07) is 22.9. The Morgan fingerprint density at radius 2 is 1.44 bits per heavy atom. The van der Waals surface area contributed by atoms with E-state index >= 15 is 0 Å². The third kappa shape index (κ3) is 4.73. The number of ether oxygens (including phenoxy) is 1. The van der Waals surface area contributed by atoms with E-state index < -0.39 is 0 Å². The Balaban J connectivity index is 1.74. The van der Waals surface area contributed by atoms with Gasteiger partial charge in [0.15, 0.2) is 0 Å². The molecule has 0 saturated carbocycles. The van der Waals surface area contributed by atoms with Gasteiger partial charge in [-0.1, -0.05) is 30.3 Å². The van der Waals surface area contributed by atoms with Gasteiger partial charge in [-0.25, -0.2) is 0 Å². The van der Waals surface area contributed by atoms with Gasteiger partial charge in [0, 0.05) is 11.3 Å². The van der Waals surface area contributed by atoms with Crippen molar-refractivity contribution < 1.29 is 14.3 Å². The second-order valence-corrected chi connectivity index (χ2v) is 5.78.